The van der Waals surface area contributed by atoms with Crippen molar-refractivity contribution in [1.29, 1.82) is 0 Å². The number of hydrogen-bond donors (Lipinski definition) is 3. The molecule has 1 aromatic heterocycles. The van der Waals surface area contributed by atoms with Crippen LogP contribution in [0.25, 0.3) is 10.4 Å². The SMILES string of the molecule is Cc1ccccc1S(=O)(=O)Nc1cc(-c2ccc(C(=O)O)cc2)sc1OC(=O)O. The maximum atomic E-state index is 12.8. The van der Waals surface area contributed by atoms with E-state index in [2.05, 4.69) is 4.72 Å². The number of rotatable bonds is 6. The molecule has 1 heterocycles. The summed E-state index contributed by atoms with van der Waals surface area (Å²) < 4.78 is 32.6. The van der Waals surface area contributed by atoms with E-state index in [0.717, 1.165) is 11.3 Å². The molecule has 0 atom stereocenters. The summed E-state index contributed by atoms with van der Waals surface area (Å²) in [4.78, 5) is 22.6. The van der Waals surface area contributed by atoms with Gasteiger partial charge in [-0.25, -0.2) is 18.0 Å². The smallest absolute Gasteiger partial charge is 0.478 e. The van der Waals surface area contributed by atoms with Gasteiger partial charge in [-0.3, -0.25) is 4.72 Å². The number of ether oxygens (including phenoxy) is 1. The highest BCUT2D eigenvalue weighted by molar-refractivity contribution is 7.92. The number of carboxylic acid groups (broad SMARTS) is 2. The quantitative estimate of drug-likeness (QED) is 0.495. The second-order valence-electron chi connectivity index (χ2n) is 5.93. The average molecular weight is 433 g/mol. The molecule has 150 valence electrons. The lowest BCUT2D eigenvalue weighted by atomic mass is 10.1. The Labute approximate surface area is 170 Å². The third kappa shape index (κ3) is 4.55. The number of aryl methyl sites for hydroxylation is 1. The van der Waals surface area contributed by atoms with Crippen molar-refractivity contribution in [2.45, 2.75) is 11.8 Å². The van der Waals surface area contributed by atoms with E-state index in [-0.39, 0.29) is 21.2 Å². The number of sulfonamides is 1. The molecular weight excluding hydrogens is 418 g/mol. The first-order chi connectivity index (χ1) is 13.7. The van der Waals surface area contributed by atoms with Gasteiger partial charge in [0.15, 0.2) is 0 Å². The Bertz CT molecular complexity index is 1180. The highest BCUT2D eigenvalue weighted by atomic mass is 32.2. The van der Waals surface area contributed by atoms with Crippen LogP contribution < -0.4 is 9.46 Å². The molecule has 3 aromatic rings. The van der Waals surface area contributed by atoms with Crippen LogP contribution in [-0.4, -0.2) is 30.8 Å². The monoisotopic (exact) mass is 433 g/mol. The average Bonchev–Trinajstić information content (AvgIpc) is 3.03. The minimum absolute atomic E-state index is 0.0297. The molecule has 0 amide bonds. The summed E-state index contributed by atoms with van der Waals surface area (Å²) in [5.74, 6) is -1.08. The fourth-order valence-corrected chi connectivity index (χ4v) is 4.91. The molecule has 10 heteroatoms. The fraction of sp³-hybridized carbons (Fsp3) is 0.0526. The number of carboxylic acids is 1. The van der Waals surface area contributed by atoms with Crippen LogP contribution in [-0.2, 0) is 10.0 Å². The molecule has 0 spiro atoms. The number of hydrogen-bond acceptors (Lipinski definition) is 6. The van der Waals surface area contributed by atoms with Gasteiger partial charge in [0.05, 0.1) is 10.5 Å². The lowest BCUT2D eigenvalue weighted by molar-refractivity contribution is 0.0696. The zero-order valence-corrected chi connectivity index (χ0v) is 16.6. The fourth-order valence-electron chi connectivity index (χ4n) is 2.58. The highest BCUT2D eigenvalue weighted by Gasteiger charge is 2.22. The van der Waals surface area contributed by atoms with E-state index < -0.39 is 22.1 Å². The maximum absolute atomic E-state index is 12.8. The van der Waals surface area contributed by atoms with Crippen LogP contribution in [0.2, 0.25) is 0 Å². The van der Waals surface area contributed by atoms with Crippen molar-refractivity contribution in [3.63, 3.8) is 0 Å². The van der Waals surface area contributed by atoms with Gasteiger partial charge in [0.2, 0.25) is 5.06 Å². The van der Waals surface area contributed by atoms with Gasteiger partial charge in [-0.15, -0.1) is 0 Å². The van der Waals surface area contributed by atoms with Gasteiger partial charge < -0.3 is 14.9 Å². The third-order valence-corrected chi connectivity index (χ3v) is 6.51. The van der Waals surface area contributed by atoms with E-state index in [1.807, 2.05) is 0 Å². The van der Waals surface area contributed by atoms with Crippen LogP contribution >= 0.6 is 11.3 Å². The first-order valence-electron chi connectivity index (χ1n) is 8.14. The van der Waals surface area contributed by atoms with E-state index in [4.69, 9.17) is 14.9 Å². The van der Waals surface area contributed by atoms with Crippen LogP contribution in [0.4, 0.5) is 10.5 Å². The van der Waals surface area contributed by atoms with E-state index in [0.29, 0.717) is 16.0 Å². The van der Waals surface area contributed by atoms with Gasteiger partial charge in [0.1, 0.15) is 5.69 Å². The highest BCUT2D eigenvalue weighted by Crippen LogP contribution is 2.42. The Hall–Kier alpha value is -3.37. The number of anilines is 1. The van der Waals surface area contributed by atoms with Crippen LogP contribution in [0.15, 0.2) is 59.5 Å². The summed E-state index contributed by atoms with van der Waals surface area (Å²) in [6.07, 6.45) is -1.59. The maximum Gasteiger partial charge on any atom is 0.512 e. The van der Waals surface area contributed by atoms with E-state index in [9.17, 15) is 18.0 Å². The van der Waals surface area contributed by atoms with Gasteiger partial charge in [-0.1, -0.05) is 41.7 Å². The molecule has 0 aliphatic carbocycles. The normalized spacial score (nSPS) is 11.1. The van der Waals surface area contributed by atoms with Crippen LogP contribution in [0.5, 0.6) is 5.06 Å². The third-order valence-electron chi connectivity index (χ3n) is 3.92. The largest absolute Gasteiger partial charge is 0.512 e. The summed E-state index contributed by atoms with van der Waals surface area (Å²) in [5.41, 5.74) is 1.17. The predicted octanol–water partition coefficient (Wildman–Crippen LogP) is 4.28. The zero-order valence-electron chi connectivity index (χ0n) is 14.9. The second kappa shape index (κ2) is 7.94. The number of nitrogens with one attached hydrogen (secondary N) is 1. The van der Waals surface area contributed by atoms with Crippen molar-refractivity contribution in [2.75, 3.05) is 4.72 Å². The Balaban J connectivity index is 2.00. The molecule has 2 aromatic carbocycles. The number of benzene rings is 2. The zero-order chi connectivity index (χ0) is 21.2. The molecule has 0 fully saturated rings. The molecule has 0 unspecified atom stereocenters. The summed E-state index contributed by atoms with van der Waals surface area (Å²) in [5, 5.41) is 17.8. The van der Waals surface area contributed by atoms with Crippen LogP contribution in [0, 0.1) is 6.92 Å². The molecular formula is C19H15NO7S2. The molecule has 0 aliphatic heterocycles. The van der Waals surface area contributed by atoms with Crippen molar-refractivity contribution >= 4 is 39.2 Å². The lowest BCUT2D eigenvalue weighted by Crippen LogP contribution is -2.15. The second-order valence-corrected chi connectivity index (χ2v) is 8.60. The Kier molecular flexibility index (Phi) is 5.57. The number of carbonyl (C=O) groups is 2. The van der Waals surface area contributed by atoms with Gasteiger partial charge in [-0.2, -0.15) is 0 Å². The topological polar surface area (TPSA) is 130 Å². The molecule has 0 radical (unpaired) electrons. The minimum Gasteiger partial charge on any atom is -0.478 e. The standard InChI is InChI=1S/C19H15NO7S2/c1-11-4-2-3-5-16(11)29(25,26)20-14-10-15(28-18(14)27-19(23)24)12-6-8-13(9-7-12)17(21)22/h2-10,20H,1H3,(H,21,22)(H,23,24). The van der Waals surface area contributed by atoms with Crippen molar-refractivity contribution in [3.8, 4) is 15.5 Å². The molecule has 8 nitrogen and oxygen atoms in total. The van der Waals surface area contributed by atoms with Gasteiger partial charge in [0.25, 0.3) is 10.0 Å². The van der Waals surface area contributed by atoms with Crippen molar-refractivity contribution in [2.24, 2.45) is 0 Å². The summed E-state index contributed by atoms with van der Waals surface area (Å²) in [6, 6.07) is 13.7. The predicted molar refractivity (Wildman–Crippen MR) is 107 cm³/mol. The molecule has 0 saturated heterocycles. The number of thiophene rings is 1. The van der Waals surface area contributed by atoms with E-state index in [1.54, 1.807) is 37.3 Å². The Morgan fingerprint density at radius 3 is 2.28 bits per heavy atom. The summed E-state index contributed by atoms with van der Waals surface area (Å²) >= 11 is 0.918. The molecule has 0 saturated carbocycles. The van der Waals surface area contributed by atoms with Crippen LogP contribution in [0.1, 0.15) is 15.9 Å². The Morgan fingerprint density at radius 1 is 1.03 bits per heavy atom. The van der Waals surface area contributed by atoms with Crippen molar-refractivity contribution < 1.29 is 33.0 Å². The number of aromatic carboxylic acids is 1. The Morgan fingerprint density at radius 2 is 1.69 bits per heavy atom. The molecule has 0 bridgehead atoms. The van der Waals surface area contributed by atoms with Crippen LogP contribution in [0.3, 0.4) is 0 Å². The first-order valence-corrected chi connectivity index (χ1v) is 10.4. The summed E-state index contributed by atoms with van der Waals surface area (Å²) in [7, 11) is -3.98. The molecule has 0 aliphatic rings. The molecule has 3 N–H and O–H groups in total. The van der Waals surface area contributed by atoms with Crippen molar-refractivity contribution in [1.82, 2.24) is 0 Å². The lowest BCUT2D eigenvalue weighted by Gasteiger charge is -2.10. The molecule has 3 rings (SSSR count). The molecule has 29 heavy (non-hydrogen) atoms. The minimum atomic E-state index is -3.98. The van der Waals surface area contributed by atoms with E-state index >= 15 is 0 Å². The van der Waals surface area contributed by atoms with Gasteiger partial charge in [-0.05, 0) is 42.3 Å². The van der Waals surface area contributed by atoms with Gasteiger partial charge >= 0.3 is 12.1 Å². The summed E-state index contributed by atoms with van der Waals surface area (Å²) in [6.45, 7) is 1.65. The van der Waals surface area contributed by atoms with Crippen molar-refractivity contribution in [3.05, 3.63) is 65.7 Å². The van der Waals surface area contributed by atoms with Gasteiger partial charge in [0, 0.05) is 4.88 Å². The van der Waals surface area contributed by atoms with E-state index in [1.165, 1.54) is 24.3 Å². The first kappa shape index (κ1) is 20.4.